The SMILES string of the molecule is CCC(C(=O)Nc1ccc(C(=O)Nc2cc(-c3ccc(F)cc3)ccc2NC(=O)OC(C)(C)C)cc1)N1CCCC1=O. The van der Waals surface area contributed by atoms with Gasteiger partial charge in [-0.3, -0.25) is 19.7 Å². The van der Waals surface area contributed by atoms with Crippen LogP contribution in [-0.4, -0.2) is 46.9 Å². The molecule has 1 aliphatic heterocycles. The van der Waals surface area contributed by atoms with Gasteiger partial charge in [-0.15, -0.1) is 0 Å². The number of rotatable bonds is 8. The van der Waals surface area contributed by atoms with E-state index in [1.807, 2.05) is 6.92 Å². The lowest BCUT2D eigenvalue weighted by Crippen LogP contribution is -2.44. The summed E-state index contributed by atoms with van der Waals surface area (Å²) in [5, 5.41) is 8.34. The van der Waals surface area contributed by atoms with Crippen LogP contribution in [0.1, 0.15) is 57.3 Å². The van der Waals surface area contributed by atoms with Crippen molar-refractivity contribution in [2.45, 2.75) is 58.6 Å². The Kier molecular flexibility index (Phi) is 9.25. The molecule has 0 aliphatic carbocycles. The second-order valence-electron chi connectivity index (χ2n) is 11.0. The zero-order valence-corrected chi connectivity index (χ0v) is 24.1. The number of likely N-dealkylation sites (tertiary alicyclic amines) is 1. The zero-order chi connectivity index (χ0) is 30.4. The molecule has 1 unspecified atom stereocenters. The number of carbonyl (C=O) groups excluding carboxylic acids is 4. The van der Waals surface area contributed by atoms with Crippen molar-refractivity contribution in [2.75, 3.05) is 22.5 Å². The van der Waals surface area contributed by atoms with Crippen LogP contribution in [0.4, 0.5) is 26.2 Å². The molecular weight excluding hydrogens is 539 g/mol. The van der Waals surface area contributed by atoms with Crippen molar-refractivity contribution >= 4 is 40.9 Å². The highest BCUT2D eigenvalue weighted by Gasteiger charge is 2.31. The molecule has 0 aromatic heterocycles. The van der Waals surface area contributed by atoms with Crippen LogP contribution in [0.2, 0.25) is 0 Å². The van der Waals surface area contributed by atoms with Gasteiger partial charge < -0.3 is 20.3 Å². The molecule has 1 aliphatic rings. The largest absolute Gasteiger partial charge is 0.444 e. The first kappa shape index (κ1) is 30.2. The van der Waals surface area contributed by atoms with E-state index >= 15 is 0 Å². The topological polar surface area (TPSA) is 117 Å². The molecular formula is C32H35FN4O5. The third-order valence-corrected chi connectivity index (χ3v) is 6.67. The van der Waals surface area contributed by atoms with Crippen LogP contribution < -0.4 is 16.0 Å². The number of hydrogen-bond acceptors (Lipinski definition) is 5. The molecule has 1 heterocycles. The molecule has 3 N–H and O–H groups in total. The molecule has 10 heteroatoms. The van der Waals surface area contributed by atoms with E-state index in [4.69, 9.17) is 4.74 Å². The van der Waals surface area contributed by atoms with E-state index in [-0.39, 0.29) is 17.6 Å². The second-order valence-corrected chi connectivity index (χ2v) is 11.0. The van der Waals surface area contributed by atoms with E-state index in [0.29, 0.717) is 47.6 Å². The molecule has 1 saturated heterocycles. The summed E-state index contributed by atoms with van der Waals surface area (Å²) in [5.74, 6) is -1.12. The standard InChI is InChI=1S/C32H35FN4O5/c1-5-27(37-18-6-7-28(37)38)30(40)34-24-15-10-21(11-16-24)29(39)35-26-19-22(20-8-13-23(33)14-9-20)12-17-25(26)36-31(41)42-32(2,3)4/h8-17,19,27H,5-7,18H2,1-4H3,(H,34,40)(H,35,39)(H,36,41). The normalized spacial score (nSPS) is 13.8. The molecule has 0 saturated carbocycles. The molecule has 0 spiro atoms. The monoisotopic (exact) mass is 574 g/mol. The van der Waals surface area contributed by atoms with Gasteiger partial charge in [0.05, 0.1) is 11.4 Å². The lowest BCUT2D eigenvalue weighted by molar-refractivity contribution is -0.135. The molecule has 3 aromatic rings. The van der Waals surface area contributed by atoms with E-state index in [2.05, 4.69) is 16.0 Å². The molecule has 0 radical (unpaired) electrons. The Hall–Kier alpha value is -4.73. The van der Waals surface area contributed by atoms with Gasteiger partial charge in [-0.05, 0) is 93.3 Å². The number of nitrogens with zero attached hydrogens (tertiary/aromatic N) is 1. The summed E-state index contributed by atoms with van der Waals surface area (Å²) in [7, 11) is 0. The van der Waals surface area contributed by atoms with Crippen molar-refractivity contribution in [3.63, 3.8) is 0 Å². The van der Waals surface area contributed by atoms with Crippen LogP contribution in [0.15, 0.2) is 66.7 Å². The second kappa shape index (κ2) is 12.8. The average molecular weight is 575 g/mol. The molecule has 9 nitrogen and oxygen atoms in total. The molecule has 3 aromatic carbocycles. The number of benzene rings is 3. The Morgan fingerprint density at radius 1 is 0.905 bits per heavy atom. The highest BCUT2D eigenvalue weighted by molar-refractivity contribution is 6.08. The number of amides is 4. The lowest BCUT2D eigenvalue weighted by atomic mass is 10.0. The number of carbonyl (C=O) groups is 4. The molecule has 0 bridgehead atoms. The maximum atomic E-state index is 13.5. The molecule has 42 heavy (non-hydrogen) atoms. The fourth-order valence-electron chi connectivity index (χ4n) is 4.66. The van der Waals surface area contributed by atoms with Gasteiger partial charge in [0.25, 0.3) is 5.91 Å². The van der Waals surface area contributed by atoms with E-state index in [9.17, 15) is 23.6 Å². The zero-order valence-electron chi connectivity index (χ0n) is 24.1. The summed E-state index contributed by atoms with van der Waals surface area (Å²) in [4.78, 5) is 52.3. The summed E-state index contributed by atoms with van der Waals surface area (Å²) in [6, 6.07) is 16.8. The number of hydrogen-bond donors (Lipinski definition) is 3. The van der Waals surface area contributed by atoms with E-state index in [0.717, 1.165) is 12.0 Å². The summed E-state index contributed by atoms with van der Waals surface area (Å²) >= 11 is 0. The van der Waals surface area contributed by atoms with E-state index in [1.54, 1.807) is 80.3 Å². The minimum absolute atomic E-state index is 0.0203. The van der Waals surface area contributed by atoms with Gasteiger partial charge in [0.15, 0.2) is 0 Å². The van der Waals surface area contributed by atoms with Crippen molar-refractivity contribution in [2.24, 2.45) is 0 Å². The minimum Gasteiger partial charge on any atom is -0.444 e. The highest BCUT2D eigenvalue weighted by Crippen LogP contribution is 2.30. The molecule has 4 amide bonds. The summed E-state index contributed by atoms with van der Waals surface area (Å²) < 4.78 is 18.8. The van der Waals surface area contributed by atoms with E-state index in [1.165, 1.54) is 12.1 Å². The van der Waals surface area contributed by atoms with Crippen molar-refractivity contribution in [1.29, 1.82) is 0 Å². The number of ether oxygens (including phenoxy) is 1. The minimum atomic E-state index is -0.722. The predicted octanol–water partition coefficient (Wildman–Crippen LogP) is 6.43. The average Bonchev–Trinajstić information content (AvgIpc) is 3.35. The highest BCUT2D eigenvalue weighted by atomic mass is 19.1. The first-order chi connectivity index (χ1) is 19.9. The molecule has 220 valence electrons. The molecule has 1 fully saturated rings. The Balaban J connectivity index is 1.51. The Morgan fingerprint density at radius 3 is 2.17 bits per heavy atom. The first-order valence-corrected chi connectivity index (χ1v) is 13.9. The van der Waals surface area contributed by atoms with E-state index < -0.39 is 23.6 Å². The van der Waals surface area contributed by atoms with Crippen molar-refractivity contribution < 1.29 is 28.3 Å². The molecule has 4 rings (SSSR count). The smallest absolute Gasteiger partial charge is 0.412 e. The van der Waals surface area contributed by atoms with Gasteiger partial charge in [0, 0.05) is 24.2 Å². The fourth-order valence-corrected chi connectivity index (χ4v) is 4.66. The maximum Gasteiger partial charge on any atom is 0.412 e. The van der Waals surface area contributed by atoms with Gasteiger partial charge in [0.2, 0.25) is 11.8 Å². The quantitative estimate of drug-likeness (QED) is 0.287. The van der Waals surface area contributed by atoms with Gasteiger partial charge in [0.1, 0.15) is 17.5 Å². The maximum absolute atomic E-state index is 13.5. The lowest BCUT2D eigenvalue weighted by Gasteiger charge is -2.25. The van der Waals surface area contributed by atoms with Gasteiger partial charge in [-0.25, -0.2) is 9.18 Å². The van der Waals surface area contributed by atoms with Crippen molar-refractivity contribution in [3.8, 4) is 11.1 Å². The first-order valence-electron chi connectivity index (χ1n) is 13.9. The van der Waals surface area contributed by atoms with Crippen LogP contribution in [0.3, 0.4) is 0 Å². The summed E-state index contributed by atoms with van der Waals surface area (Å²) in [6.07, 6.45) is 1.01. The third-order valence-electron chi connectivity index (χ3n) is 6.67. The Morgan fingerprint density at radius 2 is 1.57 bits per heavy atom. The van der Waals surface area contributed by atoms with Gasteiger partial charge >= 0.3 is 6.09 Å². The fraction of sp³-hybridized carbons (Fsp3) is 0.312. The summed E-state index contributed by atoms with van der Waals surface area (Å²) in [6.45, 7) is 7.66. The Labute approximate surface area is 244 Å². The predicted molar refractivity (Wildman–Crippen MR) is 160 cm³/mol. The molecule has 1 atom stereocenters. The number of halogens is 1. The van der Waals surface area contributed by atoms with Gasteiger partial charge in [-0.2, -0.15) is 0 Å². The van der Waals surface area contributed by atoms with Crippen LogP contribution in [-0.2, 0) is 14.3 Å². The number of anilines is 3. The number of nitrogens with one attached hydrogen (secondary N) is 3. The van der Waals surface area contributed by atoms with Crippen molar-refractivity contribution in [3.05, 3.63) is 78.1 Å². The van der Waals surface area contributed by atoms with Gasteiger partial charge in [-0.1, -0.05) is 25.1 Å². The van der Waals surface area contributed by atoms with Crippen LogP contribution in [0, 0.1) is 5.82 Å². The van der Waals surface area contributed by atoms with Crippen molar-refractivity contribution in [1.82, 2.24) is 4.90 Å². The van der Waals surface area contributed by atoms with Crippen LogP contribution >= 0.6 is 0 Å². The van der Waals surface area contributed by atoms with Crippen LogP contribution in [0.5, 0.6) is 0 Å². The van der Waals surface area contributed by atoms with Crippen LogP contribution in [0.25, 0.3) is 11.1 Å². The Bertz CT molecular complexity index is 1470. The summed E-state index contributed by atoms with van der Waals surface area (Å²) in [5.41, 5.74) is 2.12. The third kappa shape index (κ3) is 7.72.